The predicted octanol–water partition coefficient (Wildman–Crippen LogP) is 3.87. The summed E-state index contributed by atoms with van der Waals surface area (Å²) >= 11 is 6.57. The molecule has 0 radical (unpaired) electrons. The summed E-state index contributed by atoms with van der Waals surface area (Å²) in [6.45, 7) is 0. The van der Waals surface area contributed by atoms with Crippen molar-refractivity contribution in [3.8, 4) is 5.75 Å². The molecule has 0 aromatic heterocycles. The van der Waals surface area contributed by atoms with E-state index in [1.165, 1.54) is 18.2 Å². The monoisotopic (exact) mass is 413 g/mol. The van der Waals surface area contributed by atoms with Crippen LogP contribution in [0.5, 0.6) is 5.75 Å². The minimum absolute atomic E-state index is 0.275. The van der Waals surface area contributed by atoms with Crippen molar-refractivity contribution in [2.75, 3.05) is 5.32 Å². The van der Waals surface area contributed by atoms with Gasteiger partial charge in [-0.05, 0) is 36.4 Å². The fourth-order valence-electron chi connectivity index (χ4n) is 1.67. The molecule has 0 aliphatic carbocycles. The lowest BCUT2D eigenvalue weighted by Gasteiger charge is -2.08. The van der Waals surface area contributed by atoms with Crippen molar-refractivity contribution >= 4 is 49.4 Å². The van der Waals surface area contributed by atoms with Gasteiger partial charge in [-0.15, -0.1) is 0 Å². The molecule has 0 unspecified atom stereocenters. The molecule has 0 aliphatic heterocycles. The number of hydrogen-bond acceptors (Lipinski definition) is 3. The van der Waals surface area contributed by atoms with Crippen molar-refractivity contribution in [3.05, 3.63) is 56.5 Å². The van der Waals surface area contributed by atoms with E-state index >= 15 is 0 Å². The molecule has 3 N–H and O–H groups in total. The highest BCUT2D eigenvalue weighted by Gasteiger charge is 2.13. The van der Waals surface area contributed by atoms with Crippen LogP contribution in [-0.4, -0.2) is 22.1 Å². The van der Waals surface area contributed by atoms with Crippen molar-refractivity contribution < 1.29 is 19.8 Å². The summed E-state index contributed by atoms with van der Waals surface area (Å²) in [6.07, 6.45) is 0. The third-order valence-corrected chi connectivity index (χ3v) is 3.53. The third-order valence-electron chi connectivity index (χ3n) is 2.61. The van der Waals surface area contributed by atoms with Crippen molar-refractivity contribution in [1.29, 1.82) is 0 Å². The number of halogens is 2. The van der Waals surface area contributed by atoms with Crippen LogP contribution in [0, 0.1) is 0 Å². The maximum atomic E-state index is 12.1. The molecule has 0 spiro atoms. The highest BCUT2D eigenvalue weighted by molar-refractivity contribution is 9.11. The van der Waals surface area contributed by atoms with E-state index in [1.807, 2.05) is 0 Å². The largest absolute Gasteiger partial charge is 0.507 e. The first-order chi connectivity index (χ1) is 9.86. The molecule has 0 atom stereocenters. The van der Waals surface area contributed by atoms with Gasteiger partial charge in [0.1, 0.15) is 11.3 Å². The van der Waals surface area contributed by atoms with Crippen molar-refractivity contribution in [2.45, 2.75) is 0 Å². The first-order valence-electron chi connectivity index (χ1n) is 5.70. The summed E-state index contributed by atoms with van der Waals surface area (Å²) < 4.78 is 1.47. The first kappa shape index (κ1) is 15.5. The number of phenols is 1. The second-order valence-electron chi connectivity index (χ2n) is 4.15. The smallest absolute Gasteiger partial charge is 0.339 e. The average molecular weight is 415 g/mol. The van der Waals surface area contributed by atoms with E-state index in [0.29, 0.717) is 5.56 Å². The summed E-state index contributed by atoms with van der Waals surface area (Å²) in [5.74, 6) is -2.02. The number of rotatable bonds is 3. The van der Waals surface area contributed by atoms with Gasteiger partial charge in [-0.2, -0.15) is 0 Å². The Morgan fingerprint density at radius 2 is 1.62 bits per heavy atom. The standard InChI is InChI=1S/C14H9Br2NO4/c15-8-3-7(4-9(16)5-8)13(19)17-10-1-2-12(18)11(6-10)14(20)21/h1-6,18H,(H,17,19)(H,20,21). The van der Waals surface area contributed by atoms with Gasteiger partial charge in [0.05, 0.1) is 0 Å². The Hall–Kier alpha value is -1.86. The van der Waals surface area contributed by atoms with Crippen molar-refractivity contribution in [3.63, 3.8) is 0 Å². The first-order valence-corrected chi connectivity index (χ1v) is 7.29. The second-order valence-corrected chi connectivity index (χ2v) is 5.98. The number of nitrogens with one attached hydrogen (secondary N) is 1. The molecule has 0 aliphatic rings. The van der Waals surface area contributed by atoms with Crippen LogP contribution < -0.4 is 5.32 Å². The van der Waals surface area contributed by atoms with Gasteiger partial charge in [-0.3, -0.25) is 4.79 Å². The number of benzene rings is 2. The summed E-state index contributed by atoms with van der Waals surface area (Å²) in [7, 11) is 0. The number of hydrogen-bond donors (Lipinski definition) is 3. The van der Waals surface area contributed by atoms with Gasteiger partial charge < -0.3 is 15.5 Å². The quantitative estimate of drug-likeness (QED) is 0.665. The number of carboxylic acids is 1. The lowest BCUT2D eigenvalue weighted by atomic mass is 10.1. The van der Waals surface area contributed by atoms with Crippen LogP contribution in [0.3, 0.4) is 0 Å². The number of anilines is 1. The zero-order chi connectivity index (χ0) is 15.6. The van der Waals surface area contributed by atoms with Crippen LogP contribution in [-0.2, 0) is 0 Å². The highest BCUT2D eigenvalue weighted by Crippen LogP contribution is 2.23. The van der Waals surface area contributed by atoms with Crippen LogP contribution >= 0.6 is 31.9 Å². The molecule has 108 valence electrons. The van der Waals surface area contributed by atoms with Crippen molar-refractivity contribution in [2.24, 2.45) is 0 Å². The molecular weight excluding hydrogens is 406 g/mol. The molecule has 7 heteroatoms. The summed E-state index contributed by atoms with van der Waals surface area (Å²) in [4.78, 5) is 23.1. The van der Waals surface area contributed by atoms with Crippen LogP contribution in [0.2, 0.25) is 0 Å². The molecule has 5 nitrogen and oxygen atoms in total. The van der Waals surface area contributed by atoms with Crippen LogP contribution in [0.4, 0.5) is 5.69 Å². The molecule has 21 heavy (non-hydrogen) atoms. The minimum Gasteiger partial charge on any atom is -0.507 e. The van der Waals surface area contributed by atoms with Crippen molar-refractivity contribution in [1.82, 2.24) is 0 Å². The third kappa shape index (κ3) is 3.83. The molecule has 0 fully saturated rings. The van der Waals surface area contributed by atoms with E-state index in [4.69, 9.17) is 5.11 Å². The Balaban J connectivity index is 2.27. The highest BCUT2D eigenvalue weighted by atomic mass is 79.9. The van der Waals surface area contributed by atoms with E-state index in [-0.39, 0.29) is 22.9 Å². The fourth-order valence-corrected chi connectivity index (χ4v) is 2.97. The van der Waals surface area contributed by atoms with Gasteiger partial charge in [0, 0.05) is 20.2 Å². The normalized spacial score (nSPS) is 10.2. The van der Waals surface area contributed by atoms with E-state index in [9.17, 15) is 14.7 Å². The van der Waals surface area contributed by atoms with Gasteiger partial charge in [0.2, 0.25) is 0 Å². The molecule has 0 heterocycles. The Morgan fingerprint density at radius 3 is 2.19 bits per heavy atom. The topological polar surface area (TPSA) is 86.6 Å². The number of carboxylic acid groups (broad SMARTS) is 1. The zero-order valence-corrected chi connectivity index (χ0v) is 13.6. The Bertz CT molecular complexity index is 711. The van der Waals surface area contributed by atoms with Gasteiger partial charge in [0.15, 0.2) is 0 Å². The SMILES string of the molecule is O=C(Nc1ccc(O)c(C(=O)O)c1)c1cc(Br)cc(Br)c1. The number of carbonyl (C=O) groups excluding carboxylic acids is 1. The number of aromatic hydroxyl groups is 1. The van der Waals surface area contributed by atoms with Crippen LogP contribution in [0.15, 0.2) is 45.3 Å². The van der Waals surface area contributed by atoms with Gasteiger partial charge in [-0.25, -0.2) is 4.79 Å². The predicted molar refractivity (Wildman–Crippen MR) is 84.9 cm³/mol. The molecule has 2 aromatic rings. The van der Waals surface area contributed by atoms with Gasteiger partial charge >= 0.3 is 5.97 Å². The summed E-state index contributed by atoms with van der Waals surface area (Å²) in [6, 6.07) is 8.91. The maximum absolute atomic E-state index is 12.1. The Kier molecular flexibility index (Phi) is 4.64. The zero-order valence-electron chi connectivity index (χ0n) is 10.4. The lowest BCUT2D eigenvalue weighted by Crippen LogP contribution is -2.12. The number of amides is 1. The Morgan fingerprint density at radius 1 is 1.00 bits per heavy atom. The molecule has 0 bridgehead atoms. The molecule has 2 rings (SSSR count). The van der Waals surface area contributed by atoms with E-state index in [0.717, 1.165) is 8.95 Å². The van der Waals surface area contributed by atoms with Gasteiger partial charge in [0.25, 0.3) is 5.91 Å². The minimum atomic E-state index is -1.27. The van der Waals surface area contributed by atoms with E-state index in [2.05, 4.69) is 37.2 Å². The molecule has 1 amide bonds. The molecule has 0 saturated heterocycles. The molecular formula is C14H9Br2NO4. The lowest BCUT2D eigenvalue weighted by molar-refractivity contribution is 0.0693. The number of carbonyl (C=O) groups is 2. The maximum Gasteiger partial charge on any atom is 0.339 e. The molecule has 0 saturated carbocycles. The van der Waals surface area contributed by atoms with Gasteiger partial charge in [-0.1, -0.05) is 31.9 Å². The van der Waals surface area contributed by atoms with Crippen LogP contribution in [0.1, 0.15) is 20.7 Å². The second kappa shape index (κ2) is 6.28. The molecule has 2 aromatic carbocycles. The summed E-state index contributed by atoms with van der Waals surface area (Å²) in [5, 5.41) is 20.9. The average Bonchev–Trinajstić information content (AvgIpc) is 2.39. The van der Waals surface area contributed by atoms with Crippen LogP contribution in [0.25, 0.3) is 0 Å². The number of aromatic carboxylic acids is 1. The van der Waals surface area contributed by atoms with E-state index < -0.39 is 5.97 Å². The van der Waals surface area contributed by atoms with E-state index in [1.54, 1.807) is 18.2 Å². The Labute approximate surface area is 136 Å². The summed E-state index contributed by atoms with van der Waals surface area (Å²) in [5.41, 5.74) is 0.413. The fraction of sp³-hybridized carbons (Fsp3) is 0.